The van der Waals surface area contributed by atoms with Crippen LogP contribution in [-0.2, 0) is 0 Å². The fraction of sp³-hybridized carbons (Fsp3) is 0.0909. The van der Waals surface area contributed by atoms with Crippen molar-refractivity contribution in [3.8, 4) is 5.69 Å². The molecule has 0 bridgehead atoms. The number of aromatic nitrogens is 2. The van der Waals surface area contributed by atoms with Crippen LogP contribution in [0.5, 0.6) is 0 Å². The molecule has 1 aromatic carbocycles. The normalized spacial score (nSPS) is 11.8. The van der Waals surface area contributed by atoms with Gasteiger partial charge in [-0.1, -0.05) is 11.6 Å². The van der Waals surface area contributed by atoms with Crippen molar-refractivity contribution < 1.29 is 0 Å². The Balaban J connectivity index is 2.52. The number of amidine groups is 1. The van der Waals surface area contributed by atoms with Gasteiger partial charge in [0.15, 0.2) is 0 Å². The zero-order valence-corrected chi connectivity index (χ0v) is 10.4. The zero-order chi connectivity index (χ0) is 12.3. The summed E-state index contributed by atoms with van der Waals surface area (Å²) in [5.74, 6) is 0.507. The van der Waals surface area contributed by atoms with Crippen molar-refractivity contribution in [2.45, 2.75) is 0 Å². The van der Waals surface area contributed by atoms with Gasteiger partial charge in [0.25, 0.3) is 0 Å². The number of nitrogens with zero attached hydrogens (tertiary/aromatic N) is 3. The Morgan fingerprint density at radius 2 is 2.29 bits per heavy atom. The maximum atomic E-state index is 5.93. The second-order valence-corrected chi connectivity index (χ2v) is 4.02. The van der Waals surface area contributed by atoms with Crippen LogP contribution in [0.3, 0.4) is 0 Å². The summed E-state index contributed by atoms with van der Waals surface area (Å²) < 4.78 is 1.69. The number of hydrogen-bond donors (Lipinski definition) is 1. The van der Waals surface area contributed by atoms with Crippen LogP contribution in [-0.4, -0.2) is 21.5 Å². The van der Waals surface area contributed by atoms with Gasteiger partial charge in [0.2, 0.25) is 0 Å². The van der Waals surface area contributed by atoms with Crippen LogP contribution >= 0.6 is 23.2 Å². The number of hydrogen-bond acceptors (Lipinski definition) is 2. The van der Waals surface area contributed by atoms with Crippen molar-refractivity contribution in [3.05, 3.63) is 41.7 Å². The van der Waals surface area contributed by atoms with Gasteiger partial charge in [-0.15, -0.1) is 11.6 Å². The van der Waals surface area contributed by atoms with Crippen molar-refractivity contribution in [1.29, 1.82) is 0 Å². The first kappa shape index (κ1) is 12.0. The Morgan fingerprint density at radius 3 is 2.94 bits per heavy atom. The number of rotatable bonds is 3. The third kappa shape index (κ3) is 2.78. The van der Waals surface area contributed by atoms with E-state index in [0.717, 1.165) is 5.69 Å². The molecule has 0 saturated carbocycles. The highest BCUT2D eigenvalue weighted by atomic mass is 35.5. The van der Waals surface area contributed by atoms with E-state index in [1.807, 2.05) is 18.3 Å². The first-order chi connectivity index (χ1) is 8.20. The summed E-state index contributed by atoms with van der Waals surface area (Å²) in [5.41, 5.74) is 7.06. The van der Waals surface area contributed by atoms with Gasteiger partial charge in [-0.05, 0) is 24.3 Å². The lowest BCUT2D eigenvalue weighted by Gasteiger charge is -2.06. The molecule has 1 heterocycles. The quantitative estimate of drug-likeness (QED) is 0.529. The van der Waals surface area contributed by atoms with Crippen LogP contribution in [0.4, 0.5) is 5.69 Å². The van der Waals surface area contributed by atoms with Crippen LogP contribution in [0, 0.1) is 0 Å². The third-order valence-electron chi connectivity index (χ3n) is 2.09. The Bertz CT molecular complexity index is 534. The van der Waals surface area contributed by atoms with Crippen molar-refractivity contribution in [2.24, 2.45) is 10.7 Å². The van der Waals surface area contributed by atoms with Crippen molar-refractivity contribution in [2.75, 3.05) is 5.88 Å². The van der Waals surface area contributed by atoms with Gasteiger partial charge in [-0.3, -0.25) is 0 Å². The molecule has 0 aliphatic rings. The summed E-state index contributed by atoms with van der Waals surface area (Å²) >= 11 is 11.5. The highest BCUT2D eigenvalue weighted by Gasteiger charge is 2.05. The lowest BCUT2D eigenvalue weighted by molar-refractivity contribution is 0.880. The fourth-order valence-corrected chi connectivity index (χ4v) is 1.60. The molecule has 88 valence electrons. The SMILES string of the molecule is NC(CCl)=Nc1cc(Cl)ccc1-n1cccn1. The predicted molar refractivity (Wildman–Crippen MR) is 70.6 cm³/mol. The highest BCUT2D eigenvalue weighted by Crippen LogP contribution is 2.26. The van der Waals surface area contributed by atoms with Gasteiger partial charge >= 0.3 is 0 Å². The van der Waals surface area contributed by atoms with E-state index in [-0.39, 0.29) is 5.88 Å². The van der Waals surface area contributed by atoms with Gasteiger partial charge in [0, 0.05) is 17.4 Å². The molecule has 0 spiro atoms. The molecule has 0 fully saturated rings. The second kappa shape index (κ2) is 5.21. The second-order valence-electron chi connectivity index (χ2n) is 3.32. The Morgan fingerprint density at radius 1 is 1.47 bits per heavy atom. The number of halogens is 2. The molecule has 0 aliphatic heterocycles. The van der Waals surface area contributed by atoms with Gasteiger partial charge < -0.3 is 5.73 Å². The standard InChI is InChI=1S/C11H10Cl2N4/c12-7-11(14)16-9-6-8(13)2-3-10(9)17-5-1-4-15-17/h1-6H,7H2,(H2,14,16). The van der Waals surface area contributed by atoms with Crippen molar-refractivity contribution in [3.63, 3.8) is 0 Å². The monoisotopic (exact) mass is 268 g/mol. The van der Waals surface area contributed by atoms with E-state index in [4.69, 9.17) is 28.9 Å². The average molecular weight is 269 g/mol. The summed E-state index contributed by atoms with van der Waals surface area (Å²) in [6.45, 7) is 0. The molecule has 2 rings (SSSR count). The fourth-order valence-electron chi connectivity index (χ4n) is 1.38. The van der Waals surface area contributed by atoms with E-state index < -0.39 is 0 Å². The van der Waals surface area contributed by atoms with Gasteiger partial charge in [0.05, 0.1) is 17.3 Å². The molecule has 2 N–H and O–H groups in total. The maximum Gasteiger partial charge on any atom is 0.115 e. The Kier molecular flexibility index (Phi) is 3.66. The van der Waals surface area contributed by atoms with E-state index >= 15 is 0 Å². The average Bonchev–Trinajstić information content (AvgIpc) is 2.82. The summed E-state index contributed by atoms with van der Waals surface area (Å²) in [7, 11) is 0. The minimum atomic E-state index is 0.172. The lowest BCUT2D eigenvalue weighted by Crippen LogP contribution is -2.12. The third-order valence-corrected chi connectivity index (χ3v) is 2.60. The van der Waals surface area contributed by atoms with Crippen LogP contribution in [0.1, 0.15) is 0 Å². The Labute approximate surface area is 109 Å². The minimum Gasteiger partial charge on any atom is -0.386 e. The number of aliphatic imine (C=N–C) groups is 1. The number of alkyl halides is 1. The molecule has 0 unspecified atom stereocenters. The van der Waals surface area contributed by atoms with Crippen molar-refractivity contribution in [1.82, 2.24) is 9.78 Å². The predicted octanol–water partition coefficient (Wildman–Crippen LogP) is 2.75. The van der Waals surface area contributed by atoms with Crippen LogP contribution in [0.25, 0.3) is 5.69 Å². The largest absolute Gasteiger partial charge is 0.386 e. The highest BCUT2D eigenvalue weighted by molar-refractivity contribution is 6.31. The minimum absolute atomic E-state index is 0.172. The lowest BCUT2D eigenvalue weighted by atomic mass is 10.2. The molecule has 1 aromatic heterocycles. The summed E-state index contributed by atoms with van der Waals surface area (Å²) in [6, 6.07) is 7.15. The molecule has 0 radical (unpaired) electrons. The van der Waals surface area contributed by atoms with E-state index in [9.17, 15) is 0 Å². The molecular weight excluding hydrogens is 259 g/mol. The summed E-state index contributed by atoms with van der Waals surface area (Å²) in [6.07, 6.45) is 3.51. The molecule has 2 aromatic rings. The first-order valence-electron chi connectivity index (χ1n) is 4.89. The van der Waals surface area contributed by atoms with E-state index in [0.29, 0.717) is 16.5 Å². The summed E-state index contributed by atoms with van der Waals surface area (Å²) in [4.78, 5) is 4.21. The first-order valence-corrected chi connectivity index (χ1v) is 5.80. The molecule has 0 atom stereocenters. The van der Waals surface area contributed by atoms with Crippen LogP contribution in [0.15, 0.2) is 41.7 Å². The maximum absolute atomic E-state index is 5.93. The van der Waals surface area contributed by atoms with Crippen LogP contribution in [0.2, 0.25) is 5.02 Å². The van der Waals surface area contributed by atoms with Gasteiger partial charge in [-0.2, -0.15) is 5.10 Å². The van der Waals surface area contributed by atoms with Gasteiger partial charge in [0.1, 0.15) is 5.84 Å². The topological polar surface area (TPSA) is 56.2 Å². The molecule has 0 aliphatic carbocycles. The van der Waals surface area contributed by atoms with Gasteiger partial charge in [-0.25, -0.2) is 9.67 Å². The molecule has 0 amide bonds. The molecule has 4 nitrogen and oxygen atoms in total. The number of nitrogens with two attached hydrogens (primary N) is 1. The van der Waals surface area contributed by atoms with E-state index in [1.54, 1.807) is 23.0 Å². The molecule has 17 heavy (non-hydrogen) atoms. The number of benzene rings is 1. The molecule has 6 heteroatoms. The summed E-state index contributed by atoms with van der Waals surface area (Å²) in [5, 5.41) is 4.73. The molecular formula is C11H10Cl2N4. The van der Waals surface area contributed by atoms with E-state index in [1.165, 1.54) is 0 Å². The molecule has 0 saturated heterocycles. The van der Waals surface area contributed by atoms with E-state index in [2.05, 4.69) is 10.1 Å². The smallest absolute Gasteiger partial charge is 0.115 e. The zero-order valence-electron chi connectivity index (χ0n) is 8.85. The van der Waals surface area contributed by atoms with Crippen molar-refractivity contribution >= 4 is 34.7 Å². The Hall–Kier alpha value is -1.52. The van der Waals surface area contributed by atoms with Crippen LogP contribution < -0.4 is 5.73 Å².